The van der Waals surface area contributed by atoms with Crippen LogP contribution in [0.25, 0.3) is 11.3 Å². The number of nitrogens with one attached hydrogen (secondary N) is 3. The van der Waals surface area contributed by atoms with Crippen LogP contribution >= 0.6 is 0 Å². The zero-order valence-corrected chi connectivity index (χ0v) is 17.4. The van der Waals surface area contributed by atoms with Crippen molar-refractivity contribution >= 4 is 15.7 Å². The molecule has 0 saturated heterocycles. The van der Waals surface area contributed by atoms with Crippen LogP contribution in [0.3, 0.4) is 0 Å². The molecule has 0 unspecified atom stereocenters. The first-order valence-electron chi connectivity index (χ1n) is 10.2. The lowest BCUT2D eigenvalue weighted by atomic mass is 9.88. The highest BCUT2D eigenvalue weighted by molar-refractivity contribution is 7.92. The minimum Gasteiger partial charge on any atom is -0.361 e. The molecule has 1 aliphatic rings. The smallest absolute Gasteiger partial charge is 0.261 e. The summed E-state index contributed by atoms with van der Waals surface area (Å²) >= 11 is 0. The van der Waals surface area contributed by atoms with Crippen molar-refractivity contribution in [3.8, 4) is 11.3 Å². The van der Waals surface area contributed by atoms with Gasteiger partial charge >= 0.3 is 0 Å². The van der Waals surface area contributed by atoms with E-state index in [1.165, 1.54) is 11.1 Å². The molecule has 5 nitrogen and oxygen atoms in total. The maximum atomic E-state index is 12.8. The molecule has 0 aliphatic heterocycles. The van der Waals surface area contributed by atoms with Crippen molar-refractivity contribution in [3.63, 3.8) is 0 Å². The molecular formula is C23H27N3O2S. The number of hydrogen-bond donors (Lipinski definition) is 3. The fraction of sp³-hybridized carbons (Fsp3) is 0.304. The molecule has 4 rings (SSSR count). The zero-order chi connectivity index (χ0) is 20.3. The number of aromatic nitrogens is 1. The van der Waals surface area contributed by atoms with Gasteiger partial charge in [0.15, 0.2) is 0 Å². The average Bonchev–Trinajstić information content (AvgIpc) is 3.27. The van der Waals surface area contributed by atoms with Crippen molar-refractivity contribution in [2.75, 3.05) is 11.3 Å². The molecule has 1 atom stereocenters. The Hall–Kier alpha value is -2.57. The van der Waals surface area contributed by atoms with Gasteiger partial charge in [-0.15, -0.1) is 0 Å². The Morgan fingerprint density at radius 1 is 1.07 bits per heavy atom. The van der Waals surface area contributed by atoms with Crippen molar-refractivity contribution in [3.05, 3.63) is 71.9 Å². The van der Waals surface area contributed by atoms with Crippen molar-refractivity contribution in [1.29, 1.82) is 0 Å². The third-order valence-corrected chi connectivity index (χ3v) is 6.84. The fourth-order valence-electron chi connectivity index (χ4n) is 3.88. The number of anilines is 1. The Morgan fingerprint density at radius 3 is 2.62 bits per heavy atom. The van der Waals surface area contributed by atoms with E-state index in [9.17, 15) is 8.42 Å². The van der Waals surface area contributed by atoms with Gasteiger partial charge < -0.3 is 10.3 Å². The number of benzene rings is 2. The Morgan fingerprint density at radius 2 is 1.90 bits per heavy atom. The summed E-state index contributed by atoms with van der Waals surface area (Å²) < 4.78 is 28.4. The molecule has 1 heterocycles. The van der Waals surface area contributed by atoms with E-state index in [0.717, 1.165) is 43.5 Å². The minimum atomic E-state index is -3.62. The quantitative estimate of drug-likeness (QED) is 0.543. The minimum absolute atomic E-state index is 0.259. The Bertz CT molecular complexity index is 1060. The topological polar surface area (TPSA) is 74.0 Å². The van der Waals surface area contributed by atoms with Gasteiger partial charge in [0.1, 0.15) is 0 Å². The van der Waals surface area contributed by atoms with Crippen molar-refractivity contribution in [1.82, 2.24) is 10.3 Å². The second-order valence-corrected chi connectivity index (χ2v) is 9.27. The van der Waals surface area contributed by atoms with Gasteiger partial charge in [-0.05, 0) is 85.3 Å². The molecule has 3 N–H and O–H groups in total. The summed E-state index contributed by atoms with van der Waals surface area (Å²) in [6.45, 7) is 3.22. The first kappa shape index (κ1) is 19.7. The summed E-state index contributed by atoms with van der Waals surface area (Å²) in [5, 5.41) is 3.59. The molecule has 6 heteroatoms. The molecule has 0 amide bonds. The van der Waals surface area contributed by atoms with Gasteiger partial charge in [0.2, 0.25) is 0 Å². The summed E-state index contributed by atoms with van der Waals surface area (Å²) in [4.78, 5) is 3.38. The molecule has 152 valence electrons. The lowest BCUT2D eigenvalue weighted by Crippen LogP contribution is -2.35. The maximum Gasteiger partial charge on any atom is 0.261 e. The summed E-state index contributed by atoms with van der Waals surface area (Å²) in [5.74, 6) is 0. The molecule has 2 aromatic carbocycles. The molecule has 0 spiro atoms. The van der Waals surface area contributed by atoms with Crippen molar-refractivity contribution in [2.45, 2.75) is 43.5 Å². The predicted molar refractivity (Wildman–Crippen MR) is 118 cm³/mol. The van der Waals surface area contributed by atoms with Crippen LogP contribution < -0.4 is 10.0 Å². The van der Waals surface area contributed by atoms with E-state index < -0.39 is 10.0 Å². The molecule has 0 fully saturated rings. The number of hydrogen-bond acceptors (Lipinski definition) is 3. The third-order valence-electron chi connectivity index (χ3n) is 5.44. The molecule has 1 aliphatic carbocycles. The summed E-state index contributed by atoms with van der Waals surface area (Å²) in [5.41, 5.74) is 5.08. The second-order valence-electron chi connectivity index (χ2n) is 7.59. The first-order chi connectivity index (χ1) is 14.0. The summed E-state index contributed by atoms with van der Waals surface area (Å²) in [7, 11) is -3.62. The molecule has 0 saturated carbocycles. The van der Waals surface area contributed by atoms with Gasteiger partial charge in [-0.25, -0.2) is 8.42 Å². The summed E-state index contributed by atoms with van der Waals surface area (Å²) in [6, 6.07) is 17.2. The normalized spacial score (nSPS) is 16.4. The highest BCUT2D eigenvalue weighted by Gasteiger charge is 2.20. The van der Waals surface area contributed by atoms with Crippen molar-refractivity contribution in [2.24, 2.45) is 0 Å². The van der Waals surface area contributed by atoms with E-state index in [4.69, 9.17) is 0 Å². The molecular weight excluding hydrogens is 382 g/mol. The van der Waals surface area contributed by atoms with Gasteiger partial charge in [0, 0.05) is 23.6 Å². The van der Waals surface area contributed by atoms with Gasteiger partial charge in [-0.1, -0.05) is 25.1 Å². The Labute approximate surface area is 172 Å². The largest absolute Gasteiger partial charge is 0.361 e. The molecule has 1 aromatic heterocycles. The number of aryl methyl sites for hydroxylation is 1. The van der Waals surface area contributed by atoms with Crippen LogP contribution in [0.2, 0.25) is 0 Å². The third kappa shape index (κ3) is 4.54. The van der Waals surface area contributed by atoms with Gasteiger partial charge in [0.05, 0.1) is 4.90 Å². The first-order valence-corrected chi connectivity index (χ1v) is 11.7. The van der Waals surface area contributed by atoms with E-state index in [0.29, 0.717) is 11.7 Å². The van der Waals surface area contributed by atoms with Crippen LogP contribution in [0, 0.1) is 0 Å². The van der Waals surface area contributed by atoms with E-state index >= 15 is 0 Å². The monoisotopic (exact) mass is 409 g/mol. The van der Waals surface area contributed by atoms with Gasteiger partial charge in [-0.3, -0.25) is 4.72 Å². The van der Waals surface area contributed by atoms with Crippen LogP contribution in [0.1, 0.15) is 30.9 Å². The zero-order valence-electron chi connectivity index (χ0n) is 16.6. The number of aromatic amines is 1. The van der Waals surface area contributed by atoms with E-state index in [1.54, 1.807) is 12.1 Å². The highest BCUT2D eigenvalue weighted by Crippen LogP contribution is 2.27. The highest BCUT2D eigenvalue weighted by atomic mass is 32.2. The Kier molecular flexibility index (Phi) is 5.74. The van der Waals surface area contributed by atoms with Crippen LogP contribution in [0.15, 0.2) is 65.7 Å². The average molecular weight is 410 g/mol. The number of sulfonamides is 1. The predicted octanol–water partition coefficient (Wildman–Crippen LogP) is 4.34. The molecule has 3 aromatic rings. The Balaban J connectivity index is 1.47. The number of rotatable bonds is 7. The van der Waals surface area contributed by atoms with Crippen LogP contribution in [0.4, 0.5) is 5.69 Å². The number of H-pyrrole nitrogens is 1. The SMILES string of the molecule is CCCN[C@@H]1CCc2cc(NS(=O)(=O)c3ccc(-c4ccc[nH]4)cc3)ccc2C1. The van der Waals surface area contributed by atoms with E-state index in [2.05, 4.69) is 28.0 Å². The molecule has 29 heavy (non-hydrogen) atoms. The lowest BCUT2D eigenvalue weighted by Gasteiger charge is -2.26. The second kappa shape index (κ2) is 8.43. The summed E-state index contributed by atoms with van der Waals surface area (Å²) in [6.07, 6.45) is 6.04. The van der Waals surface area contributed by atoms with Crippen LogP contribution in [-0.2, 0) is 22.9 Å². The number of fused-ring (bicyclic) bond motifs is 1. The van der Waals surface area contributed by atoms with E-state index in [1.807, 2.05) is 42.6 Å². The standard InChI is InChI=1S/C23H27N3O2S/c1-2-13-24-20-9-5-19-16-21(10-6-18(19)15-20)26-29(27,28)22-11-7-17(8-12-22)23-4-3-14-25-23/h3-4,6-8,10-12,14,16,20,24-26H,2,5,9,13,15H2,1H3/t20-/m1/s1. The van der Waals surface area contributed by atoms with Crippen LogP contribution in [0.5, 0.6) is 0 Å². The molecule has 0 bridgehead atoms. The van der Waals surface area contributed by atoms with Crippen LogP contribution in [-0.4, -0.2) is 26.0 Å². The lowest BCUT2D eigenvalue weighted by molar-refractivity contribution is 0.459. The maximum absolute atomic E-state index is 12.8. The fourth-order valence-corrected chi connectivity index (χ4v) is 4.93. The molecule has 0 radical (unpaired) electrons. The van der Waals surface area contributed by atoms with E-state index in [-0.39, 0.29) is 4.90 Å². The van der Waals surface area contributed by atoms with Gasteiger partial charge in [-0.2, -0.15) is 0 Å². The van der Waals surface area contributed by atoms with Crippen molar-refractivity contribution < 1.29 is 8.42 Å². The van der Waals surface area contributed by atoms with Gasteiger partial charge in [0.25, 0.3) is 10.0 Å².